The highest BCUT2D eigenvalue weighted by Gasteiger charge is 2.32. The fraction of sp³-hybridized carbons (Fsp3) is 0.600. The zero-order valence-electron chi connectivity index (χ0n) is 10.1. The van der Waals surface area contributed by atoms with Gasteiger partial charge >= 0.3 is 0 Å². The Morgan fingerprint density at radius 2 is 1.69 bits per heavy atom. The predicted octanol–water partition coefficient (Wildman–Crippen LogP) is -0.0109. The van der Waals surface area contributed by atoms with E-state index in [1.54, 1.807) is 30.1 Å². The molecule has 1 aliphatic rings. The third kappa shape index (κ3) is 2.88. The number of hydrogen-bond donors (Lipinski definition) is 0. The van der Waals surface area contributed by atoms with Crippen LogP contribution in [0.1, 0.15) is 12.8 Å². The van der Waals surface area contributed by atoms with Crippen LogP contribution in [0.3, 0.4) is 0 Å². The molecular formula is C10H17N3O3. The fourth-order valence-corrected chi connectivity index (χ4v) is 1.19. The van der Waals surface area contributed by atoms with Gasteiger partial charge in [-0.3, -0.25) is 9.59 Å². The molecule has 90 valence electrons. The second-order valence-corrected chi connectivity index (χ2v) is 4.00. The Morgan fingerprint density at radius 3 is 2.06 bits per heavy atom. The first-order valence-corrected chi connectivity index (χ1v) is 5.01. The van der Waals surface area contributed by atoms with E-state index in [0.29, 0.717) is 5.88 Å². The lowest BCUT2D eigenvalue weighted by Gasteiger charge is -2.23. The first-order valence-electron chi connectivity index (χ1n) is 5.01. The summed E-state index contributed by atoms with van der Waals surface area (Å²) in [7, 11) is 7.22. The Bertz CT molecular complexity index is 307. The van der Waals surface area contributed by atoms with Gasteiger partial charge in [0.05, 0.1) is 6.20 Å². The summed E-state index contributed by atoms with van der Waals surface area (Å²) in [6, 6.07) is 0. The second-order valence-electron chi connectivity index (χ2n) is 4.00. The topological polar surface area (TPSA) is 53.1 Å². The summed E-state index contributed by atoms with van der Waals surface area (Å²) in [6.07, 6.45) is 2.14. The van der Waals surface area contributed by atoms with E-state index in [9.17, 15) is 9.59 Å². The van der Waals surface area contributed by atoms with E-state index in [1.165, 1.54) is 0 Å². The molecule has 0 aromatic carbocycles. The minimum Gasteiger partial charge on any atom is -0.379 e. The molecule has 6 heteroatoms. The van der Waals surface area contributed by atoms with Gasteiger partial charge in [0.2, 0.25) is 5.88 Å². The van der Waals surface area contributed by atoms with Crippen molar-refractivity contribution in [3.8, 4) is 0 Å². The van der Waals surface area contributed by atoms with Gasteiger partial charge in [-0.05, 0) is 0 Å². The average Bonchev–Trinajstić information content (AvgIpc) is 2.47. The Morgan fingerprint density at radius 1 is 1.19 bits per heavy atom. The molecule has 0 saturated carbocycles. The van der Waals surface area contributed by atoms with E-state index < -0.39 is 0 Å². The molecule has 1 fully saturated rings. The van der Waals surface area contributed by atoms with Crippen LogP contribution in [0.15, 0.2) is 12.1 Å². The number of amides is 2. The molecule has 0 unspecified atom stereocenters. The molecule has 1 aliphatic heterocycles. The van der Waals surface area contributed by atoms with Gasteiger partial charge in [0.15, 0.2) is 0 Å². The molecule has 0 bridgehead atoms. The number of carbonyl (C=O) groups excluding carboxylic acids is 2. The number of hydrogen-bond acceptors (Lipinski definition) is 5. The maximum atomic E-state index is 11.3. The normalized spacial score (nSPS) is 16.8. The van der Waals surface area contributed by atoms with E-state index >= 15 is 0 Å². The molecule has 0 radical (unpaired) electrons. The smallest absolute Gasteiger partial charge is 0.264 e. The van der Waals surface area contributed by atoms with Gasteiger partial charge < -0.3 is 14.6 Å². The van der Waals surface area contributed by atoms with Gasteiger partial charge in [0, 0.05) is 41.0 Å². The molecule has 2 amide bonds. The van der Waals surface area contributed by atoms with Crippen molar-refractivity contribution in [3.05, 3.63) is 12.1 Å². The van der Waals surface area contributed by atoms with Crippen LogP contribution in [0.4, 0.5) is 0 Å². The minimum absolute atomic E-state index is 0.224. The van der Waals surface area contributed by atoms with Crippen molar-refractivity contribution < 1.29 is 14.4 Å². The quantitative estimate of drug-likeness (QED) is 0.499. The van der Waals surface area contributed by atoms with Gasteiger partial charge in [-0.15, -0.1) is 5.06 Å². The molecule has 1 saturated heterocycles. The second kappa shape index (κ2) is 4.87. The summed E-state index contributed by atoms with van der Waals surface area (Å²) in [6.45, 7) is 0. The summed E-state index contributed by atoms with van der Waals surface area (Å²) in [5, 5.41) is 0.829. The lowest BCUT2D eigenvalue weighted by Crippen LogP contribution is -2.32. The van der Waals surface area contributed by atoms with Crippen LogP contribution in [-0.2, 0) is 14.4 Å². The number of carbonyl (C=O) groups is 2. The van der Waals surface area contributed by atoms with E-state index in [0.717, 1.165) is 5.06 Å². The minimum atomic E-state index is -0.295. The summed E-state index contributed by atoms with van der Waals surface area (Å²) in [5.74, 6) is -0.151. The first-order chi connectivity index (χ1) is 7.41. The molecule has 1 rings (SSSR count). The zero-order chi connectivity index (χ0) is 12.3. The van der Waals surface area contributed by atoms with Crippen LogP contribution in [-0.4, -0.2) is 54.9 Å². The van der Waals surface area contributed by atoms with Gasteiger partial charge in [-0.1, -0.05) is 0 Å². The number of imide groups is 1. The molecule has 0 spiro atoms. The monoisotopic (exact) mass is 227 g/mol. The van der Waals surface area contributed by atoms with Crippen molar-refractivity contribution in [3.63, 3.8) is 0 Å². The summed E-state index contributed by atoms with van der Waals surface area (Å²) in [4.78, 5) is 31.5. The third-order valence-corrected chi connectivity index (χ3v) is 2.00. The Kier molecular flexibility index (Phi) is 3.76. The van der Waals surface area contributed by atoms with Crippen LogP contribution in [0.25, 0.3) is 0 Å². The van der Waals surface area contributed by atoms with Crippen LogP contribution in [0.5, 0.6) is 0 Å². The lowest BCUT2D eigenvalue weighted by atomic mass is 10.4. The van der Waals surface area contributed by atoms with Gasteiger partial charge in [0.25, 0.3) is 11.8 Å². The maximum absolute atomic E-state index is 11.3. The predicted molar refractivity (Wildman–Crippen MR) is 57.6 cm³/mol. The molecular weight excluding hydrogens is 210 g/mol. The number of nitrogens with zero attached hydrogens (tertiary/aromatic N) is 3. The Hall–Kier alpha value is -1.72. The molecule has 0 aromatic rings. The van der Waals surface area contributed by atoms with Crippen molar-refractivity contribution in [2.45, 2.75) is 12.8 Å². The van der Waals surface area contributed by atoms with Gasteiger partial charge in [-0.2, -0.15) is 0 Å². The third-order valence-electron chi connectivity index (χ3n) is 2.00. The Balaban J connectivity index is 2.76. The molecule has 6 nitrogen and oxygen atoms in total. The molecule has 0 atom stereocenters. The zero-order valence-corrected chi connectivity index (χ0v) is 10.1. The van der Waals surface area contributed by atoms with Crippen LogP contribution >= 0.6 is 0 Å². The largest absolute Gasteiger partial charge is 0.379 e. The standard InChI is InChI=1S/C10H17N3O3/c1-11(2)7-10(12(3)4)16-13-8(14)5-6-9(13)15/h7H,5-6H2,1-4H3/b10-7+. The molecule has 0 aliphatic carbocycles. The van der Waals surface area contributed by atoms with Gasteiger partial charge in [0.1, 0.15) is 0 Å². The molecule has 16 heavy (non-hydrogen) atoms. The summed E-state index contributed by atoms with van der Waals surface area (Å²) >= 11 is 0. The molecule has 1 heterocycles. The van der Waals surface area contributed by atoms with Crippen molar-refractivity contribution in [2.75, 3.05) is 28.2 Å². The lowest BCUT2D eigenvalue weighted by molar-refractivity contribution is -0.181. The van der Waals surface area contributed by atoms with Gasteiger partial charge in [-0.25, -0.2) is 0 Å². The molecule has 0 aromatic heterocycles. The molecule has 0 N–H and O–H groups in total. The maximum Gasteiger partial charge on any atom is 0.264 e. The van der Waals surface area contributed by atoms with E-state index in [4.69, 9.17) is 4.84 Å². The van der Waals surface area contributed by atoms with E-state index in [-0.39, 0.29) is 24.7 Å². The van der Waals surface area contributed by atoms with Crippen molar-refractivity contribution >= 4 is 11.8 Å². The van der Waals surface area contributed by atoms with E-state index in [1.807, 2.05) is 14.1 Å². The van der Waals surface area contributed by atoms with Crippen LogP contribution < -0.4 is 0 Å². The fourth-order valence-electron chi connectivity index (χ4n) is 1.19. The summed E-state index contributed by atoms with van der Waals surface area (Å²) in [5.41, 5.74) is 0. The highest BCUT2D eigenvalue weighted by atomic mass is 16.7. The Labute approximate surface area is 95.0 Å². The average molecular weight is 227 g/mol. The number of rotatable bonds is 4. The van der Waals surface area contributed by atoms with Crippen molar-refractivity contribution in [2.24, 2.45) is 0 Å². The van der Waals surface area contributed by atoms with Crippen LogP contribution in [0, 0.1) is 0 Å². The SMILES string of the molecule is CN(C)/C=C(/ON1C(=O)CCC1=O)N(C)C. The summed E-state index contributed by atoms with van der Waals surface area (Å²) < 4.78 is 0. The van der Waals surface area contributed by atoms with Crippen molar-refractivity contribution in [1.29, 1.82) is 0 Å². The highest BCUT2D eigenvalue weighted by Crippen LogP contribution is 2.16. The van der Waals surface area contributed by atoms with Crippen molar-refractivity contribution in [1.82, 2.24) is 14.9 Å². The van der Waals surface area contributed by atoms with E-state index in [2.05, 4.69) is 0 Å². The first kappa shape index (κ1) is 12.4. The highest BCUT2D eigenvalue weighted by molar-refractivity contribution is 6.00. The van der Waals surface area contributed by atoms with Crippen LogP contribution in [0.2, 0.25) is 0 Å². The number of hydroxylamine groups is 2.